The van der Waals surface area contributed by atoms with E-state index < -0.39 is 0 Å². The van der Waals surface area contributed by atoms with Gasteiger partial charge in [-0.05, 0) is 57.6 Å². The third-order valence-electron chi connectivity index (χ3n) is 5.89. The number of nitrogens with zero attached hydrogens (tertiary/aromatic N) is 2. The van der Waals surface area contributed by atoms with Crippen LogP contribution in [0.5, 0.6) is 0 Å². The fourth-order valence-corrected chi connectivity index (χ4v) is 4.20. The highest BCUT2D eigenvalue weighted by atomic mass is 16.5. The van der Waals surface area contributed by atoms with Crippen LogP contribution in [-0.2, 0) is 16.1 Å². The Morgan fingerprint density at radius 1 is 1.32 bits per heavy atom. The van der Waals surface area contributed by atoms with E-state index in [0.717, 1.165) is 76.2 Å². The maximum absolute atomic E-state index is 12.1. The fourth-order valence-electron chi connectivity index (χ4n) is 4.20. The molecule has 2 saturated heterocycles. The van der Waals surface area contributed by atoms with Crippen LogP contribution in [0.2, 0.25) is 0 Å². The zero-order valence-electron chi connectivity index (χ0n) is 15.2. The molecule has 3 aliphatic rings. The maximum atomic E-state index is 12.1. The summed E-state index contributed by atoms with van der Waals surface area (Å²) in [5.74, 6) is 0.562. The third kappa shape index (κ3) is 4.21. The highest BCUT2D eigenvalue weighted by Crippen LogP contribution is 2.36. The lowest BCUT2D eigenvalue weighted by atomic mass is 9.82. The summed E-state index contributed by atoms with van der Waals surface area (Å²) in [5.41, 5.74) is 2.20. The van der Waals surface area contributed by atoms with Gasteiger partial charge in [0.2, 0.25) is 5.91 Å². The molecule has 25 heavy (non-hydrogen) atoms. The number of piperidine rings is 1. The highest BCUT2D eigenvalue weighted by molar-refractivity contribution is 5.81. The monoisotopic (exact) mass is 343 g/mol. The number of pyridine rings is 1. The molecule has 1 unspecified atom stereocenters. The minimum Gasteiger partial charge on any atom is -0.375 e. The molecule has 3 fully saturated rings. The molecule has 1 aromatic heterocycles. The van der Waals surface area contributed by atoms with Gasteiger partial charge >= 0.3 is 0 Å². The Kier molecular flexibility index (Phi) is 4.78. The van der Waals surface area contributed by atoms with E-state index in [4.69, 9.17) is 4.74 Å². The van der Waals surface area contributed by atoms with Gasteiger partial charge in [-0.1, -0.05) is 6.07 Å². The van der Waals surface area contributed by atoms with E-state index in [9.17, 15) is 4.79 Å². The van der Waals surface area contributed by atoms with Gasteiger partial charge in [0.15, 0.2) is 0 Å². The van der Waals surface area contributed by atoms with Crippen molar-refractivity contribution in [2.24, 2.45) is 5.92 Å². The number of carbonyl (C=O) groups excluding carboxylic acids is 1. The van der Waals surface area contributed by atoms with Crippen LogP contribution in [0.1, 0.15) is 49.9 Å². The third-order valence-corrected chi connectivity index (χ3v) is 5.89. The van der Waals surface area contributed by atoms with E-state index in [1.807, 2.05) is 13.0 Å². The van der Waals surface area contributed by atoms with Gasteiger partial charge in [0.25, 0.3) is 0 Å². The number of rotatable bonds is 4. The minimum atomic E-state index is -0.0315. The average Bonchev–Trinajstić information content (AvgIpc) is 3.43. The molecule has 1 N–H and O–H groups in total. The number of likely N-dealkylation sites (tertiary alicyclic amines) is 1. The Morgan fingerprint density at radius 3 is 2.84 bits per heavy atom. The Balaban J connectivity index is 1.30. The molecule has 0 aromatic carbocycles. The molecule has 5 heteroatoms. The molecule has 1 spiro atoms. The molecule has 3 heterocycles. The Labute approximate surface area is 150 Å². The van der Waals surface area contributed by atoms with Crippen molar-refractivity contribution in [3.63, 3.8) is 0 Å². The number of hydrogen-bond acceptors (Lipinski definition) is 4. The first-order chi connectivity index (χ1) is 12.1. The number of aryl methyl sites for hydroxylation is 1. The number of carbonyl (C=O) groups is 1. The minimum absolute atomic E-state index is 0.0315. The maximum Gasteiger partial charge on any atom is 0.223 e. The van der Waals surface area contributed by atoms with Gasteiger partial charge in [0.05, 0.1) is 11.3 Å². The summed E-state index contributed by atoms with van der Waals surface area (Å²) in [5, 5.41) is 3.27. The molecule has 1 amide bonds. The van der Waals surface area contributed by atoms with Crippen molar-refractivity contribution in [2.75, 3.05) is 19.7 Å². The summed E-state index contributed by atoms with van der Waals surface area (Å²) in [6.07, 6.45) is 6.17. The highest BCUT2D eigenvalue weighted by Gasteiger charge is 2.41. The molecule has 1 atom stereocenters. The van der Waals surface area contributed by atoms with Crippen molar-refractivity contribution in [3.05, 3.63) is 29.6 Å². The van der Waals surface area contributed by atoms with Gasteiger partial charge in [-0.25, -0.2) is 0 Å². The molecule has 1 aliphatic carbocycles. The largest absolute Gasteiger partial charge is 0.375 e. The van der Waals surface area contributed by atoms with E-state index in [1.165, 1.54) is 0 Å². The van der Waals surface area contributed by atoms with Crippen LogP contribution in [0.3, 0.4) is 0 Å². The lowest BCUT2D eigenvalue weighted by molar-refractivity contribution is -0.132. The van der Waals surface area contributed by atoms with E-state index in [0.29, 0.717) is 12.0 Å². The second-order valence-electron chi connectivity index (χ2n) is 8.05. The SMILES string of the molecule is Cc1cccc(CN2CCC3(CC2)CC(NC(=O)C2CC2)CCO3)n1. The molecule has 0 radical (unpaired) electrons. The van der Waals surface area contributed by atoms with Crippen LogP contribution in [0.15, 0.2) is 18.2 Å². The van der Waals surface area contributed by atoms with Crippen LogP contribution in [0.25, 0.3) is 0 Å². The van der Waals surface area contributed by atoms with Crippen molar-refractivity contribution in [1.29, 1.82) is 0 Å². The van der Waals surface area contributed by atoms with Gasteiger partial charge in [0.1, 0.15) is 0 Å². The Bertz CT molecular complexity index is 621. The molecular formula is C20H29N3O2. The molecule has 136 valence electrons. The van der Waals surface area contributed by atoms with Gasteiger partial charge in [-0.2, -0.15) is 0 Å². The lowest BCUT2D eigenvalue weighted by Crippen LogP contribution is -2.53. The predicted molar refractivity (Wildman–Crippen MR) is 96.1 cm³/mol. The summed E-state index contributed by atoms with van der Waals surface area (Å²) in [6.45, 7) is 5.81. The van der Waals surface area contributed by atoms with E-state index in [2.05, 4.69) is 27.3 Å². The summed E-state index contributed by atoms with van der Waals surface area (Å²) in [4.78, 5) is 19.2. The Morgan fingerprint density at radius 2 is 2.12 bits per heavy atom. The van der Waals surface area contributed by atoms with Gasteiger partial charge < -0.3 is 10.1 Å². The molecule has 4 rings (SSSR count). The van der Waals surface area contributed by atoms with E-state index in [-0.39, 0.29) is 11.5 Å². The van der Waals surface area contributed by atoms with Crippen LogP contribution in [-0.4, -0.2) is 47.1 Å². The molecule has 0 bridgehead atoms. The van der Waals surface area contributed by atoms with E-state index in [1.54, 1.807) is 0 Å². The second kappa shape index (κ2) is 7.04. The summed E-state index contributed by atoms with van der Waals surface area (Å²) < 4.78 is 6.22. The van der Waals surface area contributed by atoms with Crippen LogP contribution in [0, 0.1) is 12.8 Å². The van der Waals surface area contributed by atoms with Crippen molar-refractivity contribution in [2.45, 2.75) is 63.6 Å². The van der Waals surface area contributed by atoms with Crippen molar-refractivity contribution in [3.8, 4) is 0 Å². The lowest BCUT2D eigenvalue weighted by Gasteiger charge is -2.46. The topological polar surface area (TPSA) is 54.5 Å². The quantitative estimate of drug-likeness (QED) is 0.912. The van der Waals surface area contributed by atoms with Crippen molar-refractivity contribution >= 4 is 5.91 Å². The zero-order valence-corrected chi connectivity index (χ0v) is 15.2. The average molecular weight is 343 g/mol. The zero-order chi connectivity index (χ0) is 17.3. The van der Waals surface area contributed by atoms with Gasteiger partial charge in [-0.15, -0.1) is 0 Å². The van der Waals surface area contributed by atoms with Gasteiger partial charge in [-0.3, -0.25) is 14.7 Å². The summed E-state index contributed by atoms with van der Waals surface area (Å²) in [6, 6.07) is 6.53. The molecule has 2 aliphatic heterocycles. The molecule has 1 saturated carbocycles. The van der Waals surface area contributed by atoms with E-state index >= 15 is 0 Å². The van der Waals surface area contributed by atoms with Crippen molar-refractivity contribution in [1.82, 2.24) is 15.2 Å². The first-order valence-electron chi connectivity index (χ1n) is 9.71. The fraction of sp³-hybridized carbons (Fsp3) is 0.700. The smallest absolute Gasteiger partial charge is 0.223 e. The predicted octanol–water partition coefficient (Wildman–Crippen LogP) is 2.43. The number of amides is 1. The van der Waals surface area contributed by atoms with Crippen molar-refractivity contribution < 1.29 is 9.53 Å². The standard InChI is InChI=1S/C20H29N3O2/c1-15-3-2-4-18(21-15)14-23-10-8-20(9-11-23)13-17(7-12-25-20)22-19(24)16-5-6-16/h2-4,16-17H,5-14H2,1H3,(H,22,24). The number of ether oxygens (including phenoxy) is 1. The Hall–Kier alpha value is -1.46. The summed E-state index contributed by atoms with van der Waals surface area (Å²) >= 11 is 0. The second-order valence-corrected chi connectivity index (χ2v) is 8.05. The van der Waals surface area contributed by atoms with Gasteiger partial charge in [0, 0.05) is 43.9 Å². The first-order valence-corrected chi connectivity index (χ1v) is 9.71. The van der Waals surface area contributed by atoms with Crippen LogP contribution < -0.4 is 5.32 Å². The number of aromatic nitrogens is 1. The van der Waals surface area contributed by atoms with Crippen LogP contribution in [0.4, 0.5) is 0 Å². The molecular weight excluding hydrogens is 314 g/mol. The normalized spacial score (nSPS) is 26.5. The number of hydrogen-bond donors (Lipinski definition) is 1. The first kappa shape index (κ1) is 17.0. The number of nitrogens with one attached hydrogen (secondary N) is 1. The molecule has 5 nitrogen and oxygen atoms in total. The summed E-state index contributed by atoms with van der Waals surface area (Å²) in [7, 11) is 0. The van der Waals surface area contributed by atoms with Crippen LogP contribution >= 0.6 is 0 Å². The molecule has 1 aromatic rings.